The fourth-order valence-electron chi connectivity index (χ4n) is 4.44. The number of hydrogen-bond donors (Lipinski definition) is 2. The van der Waals surface area contributed by atoms with E-state index in [-0.39, 0.29) is 12.1 Å². The van der Waals surface area contributed by atoms with Crippen molar-refractivity contribution in [2.45, 2.75) is 38.3 Å². The van der Waals surface area contributed by atoms with Gasteiger partial charge in [0, 0.05) is 0 Å². The highest BCUT2D eigenvalue weighted by Gasteiger charge is 2.76. The Hall–Kier alpha value is -2.70. The van der Waals surface area contributed by atoms with Gasteiger partial charge in [-0.15, -0.1) is 0 Å². The molecule has 0 radical (unpaired) electrons. The van der Waals surface area contributed by atoms with Gasteiger partial charge in [0.15, 0.2) is 0 Å². The lowest BCUT2D eigenvalue weighted by molar-refractivity contribution is -0.147. The number of para-hydroxylation sites is 1. The van der Waals surface area contributed by atoms with Crippen LogP contribution in [0.3, 0.4) is 0 Å². The molecular weight excluding hydrogens is 332 g/mol. The Balaban J connectivity index is 1.99. The third kappa shape index (κ3) is 1.68. The number of rotatable bonds is 2. The number of aryl methyl sites for hydroxylation is 2. The lowest BCUT2D eigenvalue weighted by atomic mass is 9.73. The first-order valence-electron chi connectivity index (χ1n) is 8.57. The van der Waals surface area contributed by atoms with Gasteiger partial charge in [-0.1, -0.05) is 31.2 Å². The molecule has 0 bridgehead atoms. The zero-order chi connectivity index (χ0) is 18.9. The molecule has 0 aromatic heterocycles. The number of benzene rings is 2. The summed E-state index contributed by atoms with van der Waals surface area (Å²) in [4.78, 5) is 27.7. The molecule has 1 fully saturated rings. The van der Waals surface area contributed by atoms with E-state index in [0.29, 0.717) is 16.3 Å². The number of nitrogens with zero attached hydrogens (tertiary/aromatic N) is 2. The topological polar surface area (TPSA) is 81.1 Å². The van der Waals surface area contributed by atoms with E-state index < -0.39 is 23.0 Å². The summed E-state index contributed by atoms with van der Waals surface area (Å²) in [6.07, 6.45) is 0.170. The van der Waals surface area contributed by atoms with Crippen LogP contribution in [-0.4, -0.2) is 27.9 Å². The highest BCUT2D eigenvalue weighted by molar-refractivity contribution is 6.30. The molecule has 2 aromatic rings. The van der Waals surface area contributed by atoms with Gasteiger partial charge < -0.3 is 5.11 Å². The molecule has 1 saturated heterocycles. The number of imide groups is 1. The number of carbonyl (C=O) groups is 2. The molecule has 134 valence electrons. The molecule has 2 aliphatic rings. The predicted octanol–water partition coefficient (Wildman–Crippen LogP) is 2.42. The number of fused-ring (bicyclic) bond motifs is 3. The maximum atomic E-state index is 13.5. The number of amides is 2. The van der Waals surface area contributed by atoms with Crippen LogP contribution in [0.15, 0.2) is 42.5 Å². The molecule has 2 aromatic carbocycles. The Morgan fingerprint density at radius 3 is 2.23 bits per heavy atom. The van der Waals surface area contributed by atoms with Crippen molar-refractivity contribution in [3.05, 3.63) is 59.2 Å². The van der Waals surface area contributed by atoms with E-state index in [4.69, 9.17) is 0 Å². The van der Waals surface area contributed by atoms with Gasteiger partial charge in [-0.25, -0.2) is 9.96 Å². The summed E-state index contributed by atoms with van der Waals surface area (Å²) in [5.41, 5.74) is -0.976. The van der Waals surface area contributed by atoms with Gasteiger partial charge in [0.1, 0.15) is 5.41 Å². The lowest BCUT2D eigenvalue weighted by Crippen LogP contribution is -2.59. The van der Waals surface area contributed by atoms with Gasteiger partial charge in [-0.2, -0.15) is 0 Å². The van der Waals surface area contributed by atoms with Gasteiger partial charge in [-0.3, -0.25) is 14.8 Å². The molecule has 6 heteroatoms. The first-order valence-corrected chi connectivity index (χ1v) is 8.57. The Morgan fingerprint density at radius 1 is 1.00 bits per heavy atom. The Morgan fingerprint density at radius 2 is 1.62 bits per heavy atom. The first kappa shape index (κ1) is 16.8. The zero-order valence-electron chi connectivity index (χ0n) is 14.9. The lowest BCUT2D eigenvalue weighted by Gasteiger charge is -2.33. The number of aliphatic hydroxyl groups is 1. The van der Waals surface area contributed by atoms with Crippen LogP contribution in [0.4, 0.5) is 11.4 Å². The molecule has 0 saturated carbocycles. The monoisotopic (exact) mass is 352 g/mol. The number of anilines is 2. The Bertz CT molecular complexity index is 936. The second-order valence-corrected chi connectivity index (χ2v) is 7.05. The summed E-state index contributed by atoms with van der Waals surface area (Å²) in [5, 5.41) is 22.5. The Labute approximate surface area is 151 Å². The van der Waals surface area contributed by atoms with Crippen molar-refractivity contribution < 1.29 is 19.9 Å². The third-order valence-electron chi connectivity index (χ3n) is 5.56. The van der Waals surface area contributed by atoms with Crippen molar-refractivity contribution in [3.8, 4) is 0 Å². The van der Waals surface area contributed by atoms with Crippen molar-refractivity contribution in [2.24, 2.45) is 0 Å². The van der Waals surface area contributed by atoms with E-state index in [1.165, 1.54) is 0 Å². The molecule has 2 N–H and O–H groups in total. The van der Waals surface area contributed by atoms with Gasteiger partial charge in [0.05, 0.1) is 11.4 Å². The molecule has 2 atom stereocenters. The van der Waals surface area contributed by atoms with Gasteiger partial charge in [0.2, 0.25) is 5.91 Å². The van der Waals surface area contributed by atoms with Crippen molar-refractivity contribution in [2.75, 3.05) is 9.96 Å². The fourth-order valence-corrected chi connectivity index (χ4v) is 4.44. The molecule has 0 aliphatic carbocycles. The largest absolute Gasteiger partial charge is 0.360 e. The SMILES string of the molecule is CC[C@]12C(=O)N(c3cc(C)cc(C)c3)C(=O)[C@@]1(O)N(O)c1ccccc12. The van der Waals surface area contributed by atoms with Crippen molar-refractivity contribution in [3.63, 3.8) is 0 Å². The fraction of sp³-hybridized carbons (Fsp3) is 0.300. The van der Waals surface area contributed by atoms with E-state index in [1.807, 2.05) is 19.9 Å². The minimum atomic E-state index is -2.36. The van der Waals surface area contributed by atoms with Gasteiger partial charge in [0.25, 0.3) is 11.6 Å². The number of hydrogen-bond acceptors (Lipinski definition) is 5. The molecule has 4 rings (SSSR count). The van der Waals surface area contributed by atoms with E-state index in [9.17, 15) is 19.9 Å². The summed E-state index contributed by atoms with van der Waals surface area (Å²) in [6.45, 7) is 5.48. The smallest absolute Gasteiger partial charge is 0.290 e. The summed E-state index contributed by atoms with van der Waals surface area (Å²) in [7, 11) is 0. The van der Waals surface area contributed by atoms with Crippen LogP contribution in [0.1, 0.15) is 30.0 Å². The van der Waals surface area contributed by atoms with Crippen molar-refractivity contribution in [1.82, 2.24) is 0 Å². The van der Waals surface area contributed by atoms with E-state index in [1.54, 1.807) is 43.3 Å². The predicted molar refractivity (Wildman–Crippen MR) is 96.0 cm³/mol. The maximum Gasteiger partial charge on any atom is 0.290 e. The molecule has 2 amide bonds. The van der Waals surface area contributed by atoms with E-state index in [0.717, 1.165) is 16.0 Å². The van der Waals surface area contributed by atoms with Crippen LogP contribution in [-0.2, 0) is 15.0 Å². The highest BCUT2D eigenvalue weighted by Crippen LogP contribution is 2.57. The third-order valence-corrected chi connectivity index (χ3v) is 5.56. The van der Waals surface area contributed by atoms with Crippen LogP contribution in [0.5, 0.6) is 0 Å². The number of carbonyl (C=O) groups excluding carboxylic acids is 2. The minimum absolute atomic E-state index is 0.170. The molecule has 26 heavy (non-hydrogen) atoms. The zero-order valence-corrected chi connectivity index (χ0v) is 14.9. The van der Waals surface area contributed by atoms with Crippen LogP contribution in [0.2, 0.25) is 0 Å². The first-order chi connectivity index (χ1) is 12.3. The van der Waals surface area contributed by atoms with Gasteiger partial charge in [-0.05, 0) is 55.2 Å². The van der Waals surface area contributed by atoms with Gasteiger partial charge >= 0.3 is 0 Å². The normalized spacial score (nSPS) is 27.1. The molecule has 2 heterocycles. The second-order valence-electron chi connectivity index (χ2n) is 7.05. The summed E-state index contributed by atoms with van der Waals surface area (Å²) in [6, 6.07) is 12.1. The quantitative estimate of drug-likeness (QED) is 0.812. The standard InChI is InChI=1S/C20H20N2O4/c1-4-19-15-7-5-6-8-16(15)22(26)20(19,25)18(24)21(17(19)23)14-10-12(2)9-13(3)11-14/h5-11,25-26H,4H2,1-3H3/t19-,20-/m0/s1. The molecule has 2 aliphatic heterocycles. The minimum Gasteiger partial charge on any atom is -0.360 e. The maximum absolute atomic E-state index is 13.5. The Kier molecular flexibility index (Phi) is 3.32. The summed E-state index contributed by atoms with van der Waals surface area (Å²) >= 11 is 0. The second kappa shape index (κ2) is 5.16. The van der Waals surface area contributed by atoms with Crippen molar-refractivity contribution >= 4 is 23.2 Å². The average Bonchev–Trinajstić information content (AvgIpc) is 2.91. The van der Waals surface area contributed by atoms with Crippen LogP contribution < -0.4 is 9.96 Å². The molecular formula is C20H20N2O4. The van der Waals surface area contributed by atoms with E-state index in [2.05, 4.69) is 0 Å². The van der Waals surface area contributed by atoms with E-state index >= 15 is 0 Å². The summed E-state index contributed by atoms with van der Waals surface area (Å²) in [5.74, 6) is -1.37. The highest BCUT2D eigenvalue weighted by atomic mass is 16.6. The van der Waals surface area contributed by atoms with Crippen LogP contribution >= 0.6 is 0 Å². The number of hydroxylamine groups is 1. The summed E-state index contributed by atoms with van der Waals surface area (Å²) < 4.78 is 0. The van der Waals surface area contributed by atoms with Crippen molar-refractivity contribution in [1.29, 1.82) is 0 Å². The molecule has 0 spiro atoms. The molecule has 0 unspecified atom stereocenters. The molecule has 6 nitrogen and oxygen atoms in total. The average molecular weight is 352 g/mol. The van der Waals surface area contributed by atoms with Crippen LogP contribution in [0, 0.1) is 13.8 Å². The van der Waals surface area contributed by atoms with Crippen LogP contribution in [0.25, 0.3) is 0 Å².